The minimum absolute atomic E-state index is 0.404. The Morgan fingerprint density at radius 1 is 1.37 bits per heavy atom. The average Bonchev–Trinajstić information content (AvgIpc) is 2.86. The summed E-state index contributed by atoms with van der Waals surface area (Å²) in [5, 5.41) is 6.65. The Kier molecular flexibility index (Phi) is 4.96. The zero-order valence-corrected chi connectivity index (χ0v) is 12.2. The third-order valence-electron chi connectivity index (χ3n) is 3.42. The van der Waals surface area contributed by atoms with Gasteiger partial charge in [-0.15, -0.1) is 0 Å². The van der Waals surface area contributed by atoms with Crippen LogP contribution in [0.2, 0.25) is 0 Å². The number of nitrogens with zero attached hydrogens (tertiary/aromatic N) is 3. The minimum Gasteiger partial charge on any atom is -0.366 e. The van der Waals surface area contributed by atoms with Gasteiger partial charge in [-0.1, -0.05) is 0 Å². The van der Waals surface area contributed by atoms with Gasteiger partial charge in [0.1, 0.15) is 5.82 Å². The van der Waals surface area contributed by atoms with E-state index in [-0.39, 0.29) is 0 Å². The SMILES string of the molecule is CCNc1ncc(C)c(NC(C)CN2CCCC2)n1. The monoisotopic (exact) mass is 263 g/mol. The van der Waals surface area contributed by atoms with E-state index in [1.165, 1.54) is 25.9 Å². The maximum absolute atomic E-state index is 4.52. The summed E-state index contributed by atoms with van der Waals surface area (Å²) >= 11 is 0. The van der Waals surface area contributed by atoms with Gasteiger partial charge >= 0.3 is 0 Å². The molecule has 1 atom stereocenters. The summed E-state index contributed by atoms with van der Waals surface area (Å²) in [4.78, 5) is 11.3. The molecule has 2 N–H and O–H groups in total. The van der Waals surface area contributed by atoms with Crippen molar-refractivity contribution in [3.63, 3.8) is 0 Å². The Bertz CT molecular complexity index is 401. The predicted octanol–water partition coefficient (Wildman–Crippen LogP) is 2.11. The van der Waals surface area contributed by atoms with Crippen LogP contribution in [0, 0.1) is 6.92 Å². The van der Waals surface area contributed by atoms with E-state index in [0.29, 0.717) is 12.0 Å². The number of nitrogens with one attached hydrogen (secondary N) is 2. The molecule has 1 aliphatic rings. The first-order valence-electron chi connectivity index (χ1n) is 7.25. The second kappa shape index (κ2) is 6.70. The lowest BCUT2D eigenvalue weighted by atomic mass is 10.2. The third-order valence-corrected chi connectivity index (χ3v) is 3.42. The summed E-state index contributed by atoms with van der Waals surface area (Å²) in [5.41, 5.74) is 1.09. The van der Waals surface area contributed by atoms with Crippen LogP contribution in [0.15, 0.2) is 6.20 Å². The fourth-order valence-corrected chi connectivity index (χ4v) is 2.46. The predicted molar refractivity (Wildman–Crippen MR) is 79.7 cm³/mol. The maximum atomic E-state index is 4.52. The van der Waals surface area contributed by atoms with Crippen LogP contribution >= 0.6 is 0 Å². The molecule has 0 bridgehead atoms. The van der Waals surface area contributed by atoms with Gasteiger partial charge in [0.15, 0.2) is 0 Å². The van der Waals surface area contributed by atoms with Crippen LogP contribution in [0.5, 0.6) is 0 Å². The van der Waals surface area contributed by atoms with Gasteiger partial charge in [0.25, 0.3) is 0 Å². The molecule has 1 aliphatic heterocycles. The number of hydrogen-bond acceptors (Lipinski definition) is 5. The molecular formula is C14H25N5. The fourth-order valence-electron chi connectivity index (χ4n) is 2.46. The van der Waals surface area contributed by atoms with Crippen molar-refractivity contribution < 1.29 is 0 Å². The first-order chi connectivity index (χ1) is 9.19. The molecule has 0 spiro atoms. The Balaban J connectivity index is 1.94. The quantitative estimate of drug-likeness (QED) is 0.823. The van der Waals surface area contributed by atoms with Gasteiger partial charge in [-0.2, -0.15) is 4.98 Å². The first-order valence-corrected chi connectivity index (χ1v) is 7.25. The van der Waals surface area contributed by atoms with E-state index in [1.54, 1.807) is 0 Å². The second-order valence-electron chi connectivity index (χ2n) is 5.31. The number of likely N-dealkylation sites (tertiary alicyclic amines) is 1. The van der Waals surface area contributed by atoms with E-state index >= 15 is 0 Å². The number of anilines is 2. The van der Waals surface area contributed by atoms with Gasteiger partial charge < -0.3 is 15.5 Å². The van der Waals surface area contributed by atoms with Crippen LogP contribution in [-0.2, 0) is 0 Å². The van der Waals surface area contributed by atoms with E-state index in [9.17, 15) is 0 Å². The number of aryl methyl sites for hydroxylation is 1. The van der Waals surface area contributed by atoms with Crippen LogP contribution in [-0.4, -0.2) is 47.1 Å². The Labute approximate surface area is 115 Å². The minimum atomic E-state index is 0.404. The highest BCUT2D eigenvalue weighted by Crippen LogP contribution is 2.15. The van der Waals surface area contributed by atoms with Crippen LogP contribution in [0.25, 0.3) is 0 Å². The van der Waals surface area contributed by atoms with Gasteiger partial charge in [-0.25, -0.2) is 4.98 Å². The standard InChI is InChI=1S/C14H25N5/c1-4-15-14-16-9-11(2)13(18-14)17-12(3)10-19-7-5-6-8-19/h9,12H,4-8,10H2,1-3H3,(H2,15,16,17,18). The van der Waals surface area contributed by atoms with Gasteiger partial charge in [-0.05, 0) is 46.7 Å². The number of rotatable bonds is 6. The van der Waals surface area contributed by atoms with Crippen LogP contribution < -0.4 is 10.6 Å². The lowest BCUT2D eigenvalue weighted by Crippen LogP contribution is -2.33. The van der Waals surface area contributed by atoms with Gasteiger partial charge in [0.2, 0.25) is 5.95 Å². The molecule has 1 aromatic heterocycles. The van der Waals surface area contributed by atoms with Gasteiger partial charge in [0.05, 0.1) is 0 Å². The highest BCUT2D eigenvalue weighted by Gasteiger charge is 2.15. The van der Waals surface area contributed by atoms with Crippen molar-refractivity contribution in [2.45, 2.75) is 39.7 Å². The Morgan fingerprint density at radius 3 is 2.79 bits per heavy atom. The Hall–Kier alpha value is -1.36. The van der Waals surface area contributed by atoms with E-state index in [1.807, 2.05) is 20.0 Å². The highest BCUT2D eigenvalue weighted by atomic mass is 15.2. The van der Waals surface area contributed by atoms with Crippen LogP contribution in [0.4, 0.5) is 11.8 Å². The molecule has 5 nitrogen and oxygen atoms in total. The molecule has 19 heavy (non-hydrogen) atoms. The van der Waals surface area contributed by atoms with E-state index in [4.69, 9.17) is 0 Å². The topological polar surface area (TPSA) is 53.1 Å². The largest absolute Gasteiger partial charge is 0.366 e. The summed E-state index contributed by atoms with van der Waals surface area (Å²) in [7, 11) is 0. The second-order valence-corrected chi connectivity index (χ2v) is 5.31. The summed E-state index contributed by atoms with van der Waals surface area (Å²) in [6, 6.07) is 0.404. The molecule has 1 aromatic rings. The molecule has 0 aliphatic carbocycles. The lowest BCUT2D eigenvalue weighted by Gasteiger charge is -2.22. The molecule has 2 heterocycles. The van der Waals surface area contributed by atoms with Crippen molar-refractivity contribution in [2.75, 3.05) is 36.8 Å². The van der Waals surface area contributed by atoms with E-state index < -0.39 is 0 Å². The molecule has 0 aromatic carbocycles. The summed E-state index contributed by atoms with van der Waals surface area (Å²) in [6.45, 7) is 10.7. The smallest absolute Gasteiger partial charge is 0.224 e. The fraction of sp³-hybridized carbons (Fsp3) is 0.714. The molecule has 5 heteroatoms. The molecule has 0 radical (unpaired) electrons. The normalized spacial score (nSPS) is 17.4. The zero-order valence-electron chi connectivity index (χ0n) is 12.2. The first kappa shape index (κ1) is 14.1. The van der Waals surface area contributed by atoms with Crippen molar-refractivity contribution in [3.05, 3.63) is 11.8 Å². The molecule has 1 unspecified atom stereocenters. The molecule has 0 amide bonds. The van der Waals surface area contributed by atoms with Crippen molar-refractivity contribution in [1.29, 1.82) is 0 Å². The lowest BCUT2D eigenvalue weighted by molar-refractivity contribution is 0.327. The van der Waals surface area contributed by atoms with Gasteiger partial charge in [0, 0.05) is 30.9 Å². The van der Waals surface area contributed by atoms with Crippen molar-refractivity contribution in [3.8, 4) is 0 Å². The highest BCUT2D eigenvalue weighted by molar-refractivity contribution is 5.47. The molecule has 1 fully saturated rings. The van der Waals surface area contributed by atoms with Gasteiger partial charge in [-0.3, -0.25) is 0 Å². The van der Waals surface area contributed by atoms with E-state index in [0.717, 1.165) is 24.5 Å². The number of aromatic nitrogens is 2. The van der Waals surface area contributed by atoms with Crippen LogP contribution in [0.1, 0.15) is 32.3 Å². The van der Waals surface area contributed by atoms with Crippen LogP contribution in [0.3, 0.4) is 0 Å². The van der Waals surface area contributed by atoms with Crippen molar-refractivity contribution >= 4 is 11.8 Å². The molecular weight excluding hydrogens is 238 g/mol. The molecule has 0 saturated carbocycles. The number of hydrogen-bond donors (Lipinski definition) is 2. The van der Waals surface area contributed by atoms with E-state index in [2.05, 4.69) is 32.4 Å². The summed E-state index contributed by atoms with van der Waals surface area (Å²) < 4.78 is 0. The molecule has 1 saturated heterocycles. The molecule has 106 valence electrons. The molecule has 2 rings (SSSR count). The average molecular weight is 263 g/mol. The summed E-state index contributed by atoms with van der Waals surface area (Å²) in [6.07, 6.45) is 4.55. The zero-order chi connectivity index (χ0) is 13.7. The van der Waals surface area contributed by atoms with Crippen molar-refractivity contribution in [2.24, 2.45) is 0 Å². The maximum Gasteiger partial charge on any atom is 0.224 e. The Morgan fingerprint density at radius 2 is 2.11 bits per heavy atom. The summed E-state index contributed by atoms with van der Waals surface area (Å²) in [5.74, 6) is 1.64. The third kappa shape index (κ3) is 4.06. The van der Waals surface area contributed by atoms with Crippen molar-refractivity contribution in [1.82, 2.24) is 14.9 Å².